The van der Waals surface area contributed by atoms with Crippen LogP contribution >= 0.6 is 44.7 Å². The maximum absolute atomic E-state index is 5.39. The van der Waals surface area contributed by atoms with Gasteiger partial charge in [0, 0.05) is 11.1 Å². The van der Waals surface area contributed by atoms with Crippen LogP contribution in [0.3, 0.4) is 0 Å². The molecule has 6 aromatic rings. The first kappa shape index (κ1) is 26.7. The third-order valence-corrected chi connectivity index (χ3v) is 10.8. The minimum atomic E-state index is 0.826. The minimum absolute atomic E-state index is 0.826. The molecule has 2 aromatic heterocycles. The van der Waals surface area contributed by atoms with E-state index in [2.05, 4.69) is 72.8 Å². The highest BCUT2D eigenvalue weighted by atomic mass is 33.1. The number of ether oxygens (including phenoxy) is 2. The van der Waals surface area contributed by atoms with Crippen molar-refractivity contribution in [2.75, 3.05) is 14.2 Å². The fraction of sp³-hybridized carbons (Fsp3) is 0.0625. The summed E-state index contributed by atoms with van der Waals surface area (Å²) in [5.74, 6) is 1.65. The Morgan fingerprint density at radius 3 is 1.20 bits per heavy atom. The van der Waals surface area contributed by atoms with Gasteiger partial charge in [-0.1, -0.05) is 60.7 Å². The fourth-order valence-corrected chi connectivity index (χ4v) is 9.23. The summed E-state index contributed by atoms with van der Waals surface area (Å²) in [5.41, 5.74) is 6.38. The number of methoxy groups -OCH3 is 2. The van der Waals surface area contributed by atoms with Crippen molar-refractivity contribution in [3.63, 3.8) is 0 Å². The molecule has 0 aliphatic carbocycles. The lowest BCUT2D eigenvalue weighted by molar-refractivity contribution is 0.415. The molecule has 0 N–H and O–H groups in total. The molecule has 4 aromatic carbocycles. The van der Waals surface area contributed by atoms with Gasteiger partial charge in [-0.05, 0) is 104 Å². The molecule has 0 atom stereocenters. The molecule has 40 heavy (non-hydrogen) atoms. The molecule has 0 saturated heterocycles. The van der Waals surface area contributed by atoms with Crippen LogP contribution in [-0.4, -0.2) is 23.0 Å². The summed E-state index contributed by atoms with van der Waals surface area (Å²) in [6.07, 6.45) is 0. The van der Waals surface area contributed by atoms with Crippen molar-refractivity contribution in [1.29, 1.82) is 0 Å². The third-order valence-electron chi connectivity index (χ3n) is 6.31. The Morgan fingerprint density at radius 1 is 0.475 bits per heavy atom. The first-order valence-corrected chi connectivity index (χ1v) is 16.2. The Hall–Kier alpha value is -3.56. The van der Waals surface area contributed by atoms with E-state index >= 15 is 0 Å². The van der Waals surface area contributed by atoms with Crippen molar-refractivity contribution in [2.45, 2.75) is 9.79 Å². The van der Waals surface area contributed by atoms with Crippen molar-refractivity contribution in [3.05, 3.63) is 109 Å². The maximum atomic E-state index is 5.39. The topological polar surface area (TPSA) is 44.2 Å². The quantitative estimate of drug-likeness (QED) is 0.155. The molecular formula is C32H24N2O2S4. The molecule has 0 unspecified atom stereocenters. The van der Waals surface area contributed by atoms with Crippen molar-refractivity contribution in [2.24, 2.45) is 0 Å². The number of benzene rings is 4. The van der Waals surface area contributed by atoms with Gasteiger partial charge in [0.15, 0.2) is 0 Å². The van der Waals surface area contributed by atoms with Crippen LogP contribution in [-0.2, 0) is 0 Å². The van der Waals surface area contributed by atoms with Crippen molar-refractivity contribution in [1.82, 2.24) is 8.75 Å². The van der Waals surface area contributed by atoms with Gasteiger partial charge in [-0.3, -0.25) is 0 Å². The minimum Gasteiger partial charge on any atom is -0.497 e. The average molecular weight is 597 g/mol. The zero-order valence-electron chi connectivity index (χ0n) is 21.7. The molecule has 198 valence electrons. The summed E-state index contributed by atoms with van der Waals surface area (Å²) in [6, 6.07) is 37.2. The van der Waals surface area contributed by atoms with Crippen LogP contribution in [0, 0.1) is 0 Å². The maximum Gasteiger partial charge on any atom is 0.118 e. The highest BCUT2D eigenvalue weighted by Gasteiger charge is 2.23. The van der Waals surface area contributed by atoms with Gasteiger partial charge in [0.25, 0.3) is 0 Å². The van der Waals surface area contributed by atoms with Crippen molar-refractivity contribution >= 4 is 44.7 Å². The normalized spacial score (nSPS) is 10.9. The van der Waals surface area contributed by atoms with Gasteiger partial charge in [-0.2, -0.15) is 8.75 Å². The summed E-state index contributed by atoms with van der Waals surface area (Å²) in [6.45, 7) is 0. The smallest absolute Gasteiger partial charge is 0.118 e. The Balaban J connectivity index is 1.43. The number of nitrogens with zero attached hydrogens (tertiary/aromatic N) is 2. The second kappa shape index (κ2) is 12.3. The Kier molecular flexibility index (Phi) is 8.20. The number of hydrogen-bond acceptors (Lipinski definition) is 8. The van der Waals surface area contributed by atoms with Gasteiger partial charge in [0.2, 0.25) is 0 Å². The molecule has 0 radical (unpaired) electrons. The first-order valence-electron chi connectivity index (χ1n) is 12.5. The molecule has 0 amide bonds. The zero-order chi connectivity index (χ0) is 27.3. The summed E-state index contributed by atoms with van der Waals surface area (Å²) in [7, 11) is 6.84. The van der Waals surface area contributed by atoms with Crippen LogP contribution in [0.25, 0.3) is 43.4 Å². The lowest BCUT2D eigenvalue weighted by Crippen LogP contribution is -1.85. The van der Waals surface area contributed by atoms with Gasteiger partial charge in [0.1, 0.15) is 11.5 Å². The van der Waals surface area contributed by atoms with E-state index in [1.807, 2.05) is 36.4 Å². The van der Waals surface area contributed by atoms with E-state index in [1.54, 1.807) is 35.8 Å². The van der Waals surface area contributed by atoms with Gasteiger partial charge < -0.3 is 9.47 Å². The highest BCUT2D eigenvalue weighted by molar-refractivity contribution is 8.76. The van der Waals surface area contributed by atoms with Crippen molar-refractivity contribution in [3.8, 4) is 54.9 Å². The molecule has 0 bridgehead atoms. The zero-order valence-corrected chi connectivity index (χ0v) is 25.0. The summed E-state index contributed by atoms with van der Waals surface area (Å²) >= 11 is 3.07. The Labute approximate surface area is 249 Å². The average Bonchev–Trinajstić information content (AvgIpc) is 3.65. The summed E-state index contributed by atoms with van der Waals surface area (Å²) < 4.78 is 20.7. The Bertz CT molecular complexity index is 1570. The number of aromatic nitrogens is 2. The van der Waals surface area contributed by atoms with Crippen LogP contribution in [0.15, 0.2) is 119 Å². The second-order valence-electron chi connectivity index (χ2n) is 8.73. The second-order valence-corrected chi connectivity index (χ2v) is 12.4. The predicted octanol–water partition coefficient (Wildman–Crippen LogP) is 10.1. The van der Waals surface area contributed by atoms with Gasteiger partial charge in [-0.15, -0.1) is 0 Å². The SMILES string of the molecule is COc1ccc(-c2nsc(-c3ccccc3)c2SSc2c(-c3ccc(OC)cc3)nsc2-c2ccccc2)cc1. The van der Waals surface area contributed by atoms with Crippen molar-refractivity contribution < 1.29 is 9.47 Å². The van der Waals surface area contributed by atoms with Crippen LogP contribution in [0.4, 0.5) is 0 Å². The number of rotatable bonds is 9. The molecule has 2 heterocycles. The van der Waals surface area contributed by atoms with Gasteiger partial charge in [0.05, 0.1) is 45.2 Å². The molecule has 0 aliphatic rings. The van der Waals surface area contributed by atoms with E-state index < -0.39 is 0 Å². The molecule has 8 heteroatoms. The summed E-state index contributed by atoms with van der Waals surface area (Å²) in [5, 5.41) is 0. The lowest BCUT2D eigenvalue weighted by Gasteiger charge is -2.09. The van der Waals surface area contributed by atoms with Crippen LogP contribution in [0.1, 0.15) is 0 Å². The fourth-order valence-electron chi connectivity index (χ4n) is 4.21. The Morgan fingerprint density at radius 2 is 0.850 bits per heavy atom. The van der Waals surface area contributed by atoms with E-state index in [9.17, 15) is 0 Å². The first-order chi connectivity index (χ1) is 19.7. The van der Waals surface area contributed by atoms with Gasteiger partial charge >= 0.3 is 0 Å². The molecule has 4 nitrogen and oxygen atoms in total. The van der Waals surface area contributed by atoms with E-state index in [0.717, 1.165) is 64.7 Å². The number of hydrogen-bond donors (Lipinski definition) is 0. The molecule has 0 fully saturated rings. The van der Waals surface area contributed by atoms with Gasteiger partial charge in [-0.25, -0.2) is 0 Å². The van der Waals surface area contributed by atoms with E-state index in [4.69, 9.17) is 18.2 Å². The molecule has 0 saturated carbocycles. The molecule has 6 rings (SSSR count). The van der Waals surface area contributed by atoms with Crippen LogP contribution < -0.4 is 9.47 Å². The van der Waals surface area contributed by atoms with E-state index in [0.29, 0.717) is 0 Å². The molecular weight excluding hydrogens is 573 g/mol. The summed E-state index contributed by atoms with van der Waals surface area (Å²) in [4.78, 5) is 4.58. The third kappa shape index (κ3) is 5.53. The van der Waals surface area contributed by atoms with Crippen LogP contribution in [0.2, 0.25) is 0 Å². The largest absolute Gasteiger partial charge is 0.497 e. The highest BCUT2D eigenvalue weighted by Crippen LogP contribution is 2.53. The van der Waals surface area contributed by atoms with Crippen LogP contribution in [0.5, 0.6) is 11.5 Å². The van der Waals surface area contributed by atoms with E-state index in [1.165, 1.54) is 23.1 Å². The molecule has 0 spiro atoms. The lowest BCUT2D eigenvalue weighted by atomic mass is 10.1. The molecule has 0 aliphatic heterocycles. The van der Waals surface area contributed by atoms with E-state index in [-0.39, 0.29) is 0 Å². The standard InChI is InChI=1S/C32H24N2O2S4/c1-35-25-17-13-21(14-18-25)27-31(29(37-33-27)23-9-5-3-6-10-23)39-40-32-28(22-15-19-26(36-2)20-16-22)34-38-30(32)24-11-7-4-8-12-24/h3-20H,1-2H3. The monoisotopic (exact) mass is 596 g/mol. The predicted molar refractivity (Wildman–Crippen MR) is 171 cm³/mol.